The largest absolute Gasteiger partial charge is 0.467 e. The van der Waals surface area contributed by atoms with Crippen LogP contribution in [-0.4, -0.2) is 18.5 Å². The van der Waals surface area contributed by atoms with Gasteiger partial charge >= 0.3 is 5.97 Å². The number of ether oxygens (including phenoxy) is 1. The average molecular weight is 395 g/mol. The smallest absolute Gasteiger partial charge is 0.340 e. The zero-order valence-corrected chi connectivity index (χ0v) is 16.5. The fourth-order valence-corrected chi connectivity index (χ4v) is 3.42. The van der Waals surface area contributed by atoms with E-state index < -0.39 is 11.9 Å². The first-order valence-corrected chi connectivity index (χ1v) is 9.73. The lowest BCUT2D eigenvalue weighted by Crippen LogP contribution is -2.31. The van der Waals surface area contributed by atoms with Gasteiger partial charge in [0.15, 0.2) is 6.61 Å². The molecule has 2 aromatic heterocycles. The average Bonchev–Trinajstić information content (AvgIpc) is 3.38. The van der Waals surface area contributed by atoms with Crippen molar-refractivity contribution in [2.24, 2.45) is 0 Å². The molecule has 2 heterocycles. The normalized spacial score (nSPS) is 12.4. The Kier molecular flexibility index (Phi) is 6.45. The van der Waals surface area contributed by atoms with Crippen molar-refractivity contribution < 1.29 is 18.7 Å². The van der Waals surface area contributed by atoms with E-state index in [2.05, 4.69) is 5.32 Å². The Balaban J connectivity index is 1.67. The minimum absolute atomic E-state index is 0.305. The maximum absolute atomic E-state index is 12.7. The Morgan fingerprint density at radius 3 is 2.75 bits per heavy atom. The lowest BCUT2D eigenvalue weighted by molar-refractivity contribution is -0.143. The number of hydrogen-bond donors (Lipinski definition) is 1. The monoisotopic (exact) mass is 395 g/mol. The first-order chi connectivity index (χ1) is 13.5. The first-order valence-electron chi connectivity index (χ1n) is 8.85. The van der Waals surface area contributed by atoms with Crippen LogP contribution in [0.1, 0.15) is 34.7 Å². The predicted octanol–water partition coefficient (Wildman–Crippen LogP) is 4.61. The molecule has 6 heteroatoms. The molecular formula is C22H21NO4S. The zero-order valence-electron chi connectivity index (χ0n) is 15.7. The maximum Gasteiger partial charge on any atom is 0.340 e. The van der Waals surface area contributed by atoms with Crippen molar-refractivity contribution in [3.63, 3.8) is 0 Å². The zero-order chi connectivity index (χ0) is 19.9. The van der Waals surface area contributed by atoms with E-state index in [9.17, 15) is 9.59 Å². The molecule has 0 saturated carbocycles. The summed E-state index contributed by atoms with van der Waals surface area (Å²) in [5.74, 6) is -0.290. The molecule has 0 radical (unpaired) electrons. The molecule has 3 rings (SSSR count). The number of carbonyl (C=O) groups is 2. The molecule has 0 fully saturated rings. The maximum atomic E-state index is 12.7. The van der Waals surface area contributed by atoms with Gasteiger partial charge in [-0.1, -0.05) is 35.9 Å². The minimum Gasteiger partial charge on any atom is -0.467 e. The van der Waals surface area contributed by atoms with Gasteiger partial charge < -0.3 is 14.5 Å². The highest BCUT2D eigenvalue weighted by Crippen LogP contribution is 2.24. The molecule has 1 N–H and O–H groups in total. The summed E-state index contributed by atoms with van der Waals surface area (Å²) in [6, 6.07) is 14.8. The van der Waals surface area contributed by atoms with Crippen molar-refractivity contribution in [2.45, 2.75) is 19.9 Å². The van der Waals surface area contributed by atoms with Crippen LogP contribution in [0.25, 0.3) is 11.6 Å². The third kappa shape index (κ3) is 5.20. The lowest BCUT2D eigenvalue weighted by atomic mass is 10.1. The highest BCUT2D eigenvalue weighted by molar-refractivity contribution is 7.11. The fraction of sp³-hybridized carbons (Fsp3) is 0.182. The summed E-state index contributed by atoms with van der Waals surface area (Å²) in [5, 5.41) is 4.64. The third-order valence-electron chi connectivity index (χ3n) is 4.04. The van der Waals surface area contributed by atoms with Gasteiger partial charge in [-0.3, -0.25) is 4.79 Å². The molecule has 0 aliphatic rings. The second-order valence-electron chi connectivity index (χ2n) is 6.33. The van der Waals surface area contributed by atoms with Gasteiger partial charge in [0.25, 0.3) is 5.91 Å². The van der Waals surface area contributed by atoms with Gasteiger partial charge in [-0.15, -0.1) is 11.3 Å². The Bertz CT molecular complexity index is 958. The number of furan rings is 1. The van der Waals surface area contributed by atoms with E-state index in [0.717, 1.165) is 16.0 Å². The SMILES string of the molecule is Cc1cccc(/C=C(/C(=O)OCC(=O)N[C@H](C)c2ccco2)c2cccs2)c1. The van der Waals surface area contributed by atoms with Crippen LogP contribution in [0, 0.1) is 6.92 Å². The van der Waals surface area contributed by atoms with Gasteiger partial charge in [0.2, 0.25) is 0 Å². The van der Waals surface area contributed by atoms with Crippen LogP contribution in [0.2, 0.25) is 0 Å². The van der Waals surface area contributed by atoms with E-state index in [1.165, 1.54) is 11.3 Å². The van der Waals surface area contributed by atoms with Crippen LogP contribution in [0.3, 0.4) is 0 Å². The number of benzene rings is 1. The topological polar surface area (TPSA) is 68.5 Å². The molecule has 0 saturated heterocycles. The Labute approximate surface area is 167 Å². The van der Waals surface area contributed by atoms with E-state index in [1.807, 2.05) is 48.7 Å². The molecule has 28 heavy (non-hydrogen) atoms. The highest BCUT2D eigenvalue weighted by atomic mass is 32.1. The number of hydrogen-bond acceptors (Lipinski definition) is 5. The van der Waals surface area contributed by atoms with E-state index in [1.54, 1.807) is 31.4 Å². The summed E-state index contributed by atoms with van der Waals surface area (Å²) in [5.41, 5.74) is 2.42. The lowest BCUT2D eigenvalue weighted by Gasteiger charge is -2.12. The second-order valence-corrected chi connectivity index (χ2v) is 7.28. The van der Waals surface area contributed by atoms with Crippen molar-refractivity contribution in [1.29, 1.82) is 0 Å². The molecule has 0 bridgehead atoms. The van der Waals surface area contributed by atoms with Crippen LogP contribution in [-0.2, 0) is 14.3 Å². The van der Waals surface area contributed by atoms with Gasteiger partial charge in [-0.2, -0.15) is 0 Å². The van der Waals surface area contributed by atoms with E-state index >= 15 is 0 Å². The Morgan fingerprint density at radius 2 is 2.07 bits per heavy atom. The third-order valence-corrected chi connectivity index (χ3v) is 4.94. The summed E-state index contributed by atoms with van der Waals surface area (Å²) in [7, 11) is 0. The van der Waals surface area contributed by atoms with Crippen LogP contribution < -0.4 is 5.32 Å². The summed E-state index contributed by atoms with van der Waals surface area (Å²) in [4.78, 5) is 25.6. The summed E-state index contributed by atoms with van der Waals surface area (Å²) in [6.07, 6.45) is 3.33. The molecule has 0 unspecified atom stereocenters. The molecule has 0 aliphatic carbocycles. The minimum atomic E-state index is -0.537. The molecule has 1 atom stereocenters. The molecule has 3 aromatic rings. The second kappa shape index (κ2) is 9.19. The van der Waals surface area contributed by atoms with Gasteiger partial charge in [0.05, 0.1) is 17.9 Å². The summed E-state index contributed by atoms with van der Waals surface area (Å²) < 4.78 is 10.5. The molecule has 1 aromatic carbocycles. The van der Waals surface area contributed by atoms with Crippen molar-refractivity contribution in [3.05, 3.63) is 81.9 Å². The molecule has 5 nitrogen and oxygen atoms in total. The molecule has 144 valence electrons. The van der Waals surface area contributed by atoms with Crippen molar-refractivity contribution in [3.8, 4) is 0 Å². The van der Waals surface area contributed by atoms with Gasteiger partial charge in [-0.25, -0.2) is 4.79 Å². The van der Waals surface area contributed by atoms with Crippen LogP contribution in [0.5, 0.6) is 0 Å². The quantitative estimate of drug-likeness (QED) is 0.468. The van der Waals surface area contributed by atoms with E-state index in [4.69, 9.17) is 9.15 Å². The van der Waals surface area contributed by atoms with Gasteiger partial charge in [-0.05, 0) is 49.1 Å². The molecule has 1 amide bonds. The van der Waals surface area contributed by atoms with Crippen molar-refractivity contribution >= 4 is 34.9 Å². The van der Waals surface area contributed by atoms with E-state index in [-0.39, 0.29) is 12.6 Å². The Hall–Kier alpha value is -3.12. The predicted molar refractivity (Wildman–Crippen MR) is 110 cm³/mol. The van der Waals surface area contributed by atoms with E-state index in [0.29, 0.717) is 11.3 Å². The van der Waals surface area contributed by atoms with Crippen LogP contribution in [0.4, 0.5) is 0 Å². The van der Waals surface area contributed by atoms with Gasteiger partial charge in [0, 0.05) is 4.88 Å². The molecular weight excluding hydrogens is 374 g/mol. The summed E-state index contributed by atoms with van der Waals surface area (Å²) >= 11 is 1.44. The number of esters is 1. The van der Waals surface area contributed by atoms with Crippen LogP contribution in [0.15, 0.2) is 64.6 Å². The Morgan fingerprint density at radius 1 is 1.21 bits per heavy atom. The number of thiophene rings is 1. The number of carbonyl (C=O) groups excluding carboxylic acids is 2. The fourth-order valence-electron chi connectivity index (χ4n) is 2.69. The highest BCUT2D eigenvalue weighted by Gasteiger charge is 2.18. The molecule has 0 aliphatic heterocycles. The van der Waals surface area contributed by atoms with Crippen molar-refractivity contribution in [1.82, 2.24) is 5.32 Å². The number of amides is 1. The standard InChI is InChI=1S/C22H21NO4S/c1-15-6-3-7-17(12-15)13-18(20-9-5-11-28-20)22(25)27-14-21(24)23-16(2)19-8-4-10-26-19/h3-13,16H,14H2,1-2H3,(H,23,24)/b18-13+/t16-/m1/s1. The van der Waals surface area contributed by atoms with Crippen molar-refractivity contribution in [2.75, 3.05) is 6.61 Å². The van der Waals surface area contributed by atoms with Gasteiger partial charge in [0.1, 0.15) is 5.76 Å². The summed E-state index contributed by atoms with van der Waals surface area (Å²) in [6.45, 7) is 3.43. The number of aryl methyl sites for hydroxylation is 1. The van der Waals surface area contributed by atoms with Crippen LogP contribution >= 0.6 is 11.3 Å². The number of rotatable bonds is 7. The number of nitrogens with one attached hydrogen (secondary N) is 1. The molecule has 0 spiro atoms. The first kappa shape index (κ1) is 19.6.